The summed E-state index contributed by atoms with van der Waals surface area (Å²) in [7, 11) is 0. The Bertz CT molecular complexity index is 651. The van der Waals surface area contributed by atoms with Crippen molar-refractivity contribution in [1.29, 1.82) is 0 Å². The molecule has 4 rings (SSSR count). The molecule has 2 fully saturated rings. The van der Waals surface area contributed by atoms with Crippen LogP contribution in [-0.2, 0) is 11.2 Å². The molecule has 3 nitrogen and oxygen atoms in total. The molecule has 1 aliphatic heterocycles. The van der Waals surface area contributed by atoms with E-state index in [1.165, 1.54) is 18.4 Å². The van der Waals surface area contributed by atoms with Gasteiger partial charge in [0.15, 0.2) is 0 Å². The topological polar surface area (TPSA) is 23.6 Å². The van der Waals surface area contributed by atoms with E-state index < -0.39 is 0 Å². The van der Waals surface area contributed by atoms with Crippen molar-refractivity contribution in [2.45, 2.75) is 31.3 Å². The first-order chi connectivity index (χ1) is 11.3. The fourth-order valence-corrected chi connectivity index (χ4v) is 4.19. The van der Waals surface area contributed by atoms with Crippen LogP contribution in [0.1, 0.15) is 29.3 Å². The van der Waals surface area contributed by atoms with Gasteiger partial charge in [-0.25, -0.2) is 0 Å². The van der Waals surface area contributed by atoms with Gasteiger partial charge in [-0.3, -0.25) is 9.69 Å². The van der Waals surface area contributed by atoms with Crippen molar-refractivity contribution in [3.05, 3.63) is 58.3 Å². The Kier molecular flexibility index (Phi) is 4.19. The molecular formula is C19H22N2OS. The number of nitrogens with zero attached hydrogens (tertiary/aromatic N) is 2. The van der Waals surface area contributed by atoms with Crippen LogP contribution in [0.2, 0.25) is 0 Å². The van der Waals surface area contributed by atoms with Crippen molar-refractivity contribution in [3.8, 4) is 0 Å². The van der Waals surface area contributed by atoms with Crippen LogP contribution in [0.3, 0.4) is 0 Å². The summed E-state index contributed by atoms with van der Waals surface area (Å²) in [5.74, 6) is 0.261. The number of benzene rings is 1. The summed E-state index contributed by atoms with van der Waals surface area (Å²) in [5, 5.41) is 2.04. The molecule has 2 aliphatic rings. The van der Waals surface area contributed by atoms with Crippen LogP contribution in [0.5, 0.6) is 0 Å². The summed E-state index contributed by atoms with van der Waals surface area (Å²) in [6, 6.07) is 15.5. The Morgan fingerprint density at radius 1 is 1.09 bits per heavy atom. The summed E-state index contributed by atoms with van der Waals surface area (Å²) in [6.45, 7) is 2.84. The third kappa shape index (κ3) is 3.33. The van der Waals surface area contributed by atoms with Crippen molar-refractivity contribution in [2.24, 2.45) is 0 Å². The number of piperazine rings is 1. The third-order valence-electron chi connectivity index (χ3n) is 4.89. The molecule has 4 heteroatoms. The van der Waals surface area contributed by atoms with E-state index in [-0.39, 0.29) is 11.9 Å². The van der Waals surface area contributed by atoms with Gasteiger partial charge in [-0.05, 0) is 29.9 Å². The highest BCUT2D eigenvalue weighted by atomic mass is 32.1. The van der Waals surface area contributed by atoms with Crippen LogP contribution in [-0.4, -0.2) is 41.4 Å². The second-order valence-electron chi connectivity index (χ2n) is 6.50. The molecule has 1 aromatic carbocycles. The zero-order chi connectivity index (χ0) is 15.6. The summed E-state index contributed by atoms with van der Waals surface area (Å²) < 4.78 is 0. The van der Waals surface area contributed by atoms with Gasteiger partial charge >= 0.3 is 0 Å². The predicted molar refractivity (Wildman–Crippen MR) is 93.5 cm³/mol. The van der Waals surface area contributed by atoms with E-state index >= 15 is 0 Å². The number of carbonyl (C=O) groups excluding carboxylic acids is 1. The molecule has 1 unspecified atom stereocenters. The number of amides is 1. The Morgan fingerprint density at radius 3 is 2.61 bits per heavy atom. The Balaban J connectivity index is 1.54. The fourth-order valence-electron chi connectivity index (χ4n) is 3.50. The number of hydrogen-bond acceptors (Lipinski definition) is 3. The van der Waals surface area contributed by atoms with Gasteiger partial charge in [0.25, 0.3) is 0 Å². The molecular weight excluding hydrogens is 304 g/mol. The molecule has 1 aliphatic carbocycles. The van der Waals surface area contributed by atoms with Gasteiger partial charge in [-0.2, -0.15) is 0 Å². The maximum Gasteiger partial charge on any atom is 0.228 e. The minimum Gasteiger partial charge on any atom is -0.333 e. The maximum absolute atomic E-state index is 12.9. The molecule has 0 N–H and O–H groups in total. The first-order valence-corrected chi connectivity index (χ1v) is 9.30. The molecule has 120 valence electrons. The average molecular weight is 326 g/mol. The Morgan fingerprint density at radius 2 is 1.91 bits per heavy atom. The summed E-state index contributed by atoms with van der Waals surface area (Å²) in [4.78, 5) is 18.7. The average Bonchev–Trinajstić information content (AvgIpc) is 3.33. The van der Waals surface area contributed by atoms with Crippen LogP contribution in [0.4, 0.5) is 0 Å². The minimum atomic E-state index is 0.193. The smallest absolute Gasteiger partial charge is 0.228 e. The van der Waals surface area contributed by atoms with E-state index in [9.17, 15) is 4.79 Å². The SMILES string of the molecule is O=C(Cc1cccs1)N1CCN(C2CC2)CC1c1ccccc1. The molecule has 2 aromatic rings. The fraction of sp³-hybridized carbons (Fsp3) is 0.421. The molecule has 23 heavy (non-hydrogen) atoms. The van der Waals surface area contributed by atoms with E-state index in [2.05, 4.69) is 40.1 Å². The van der Waals surface area contributed by atoms with E-state index in [1.807, 2.05) is 17.5 Å². The van der Waals surface area contributed by atoms with E-state index in [0.717, 1.165) is 30.6 Å². The van der Waals surface area contributed by atoms with Gasteiger partial charge < -0.3 is 4.90 Å². The summed E-state index contributed by atoms with van der Waals surface area (Å²) >= 11 is 1.67. The highest BCUT2D eigenvalue weighted by molar-refractivity contribution is 7.10. The number of carbonyl (C=O) groups is 1. The monoisotopic (exact) mass is 326 g/mol. The van der Waals surface area contributed by atoms with E-state index in [1.54, 1.807) is 11.3 Å². The molecule has 1 atom stereocenters. The maximum atomic E-state index is 12.9. The molecule has 1 saturated carbocycles. The van der Waals surface area contributed by atoms with E-state index in [0.29, 0.717) is 6.42 Å². The highest BCUT2D eigenvalue weighted by Gasteiger charge is 2.37. The number of rotatable bonds is 4. The van der Waals surface area contributed by atoms with Crippen molar-refractivity contribution in [2.75, 3.05) is 19.6 Å². The number of hydrogen-bond donors (Lipinski definition) is 0. The van der Waals surface area contributed by atoms with Crippen molar-refractivity contribution >= 4 is 17.2 Å². The molecule has 0 radical (unpaired) electrons. The third-order valence-corrected chi connectivity index (χ3v) is 5.76. The van der Waals surface area contributed by atoms with Crippen LogP contribution < -0.4 is 0 Å². The van der Waals surface area contributed by atoms with Crippen LogP contribution in [0.25, 0.3) is 0 Å². The molecule has 1 saturated heterocycles. The normalized spacial score (nSPS) is 22.3. The van der Waals surface area contributed by atoms with E-state index in [4.69, 9.17) is 0 Å². The van der Waals surface area contributed by atoms with Gasteiger partial charge in [-0.1, -0.05) is 36.4 Å². The van der Waals surface area contributed by atoms with Gasteiger partial charge in [0.05, 0.1) is 12.5 Å². The first-order valence-electron chi connectivity index (χ1n) is 8.42. The summed E-state index contributed by atoms with van der Waals surface area (Å²) in [6.07, 6.45) is 3.18. The lowest BCUT2D eigenvalue weighted by atomic mass is 10.0. The highest BCUT2D eigenvalue weighted by Crippen LogP contribution is 2.33. The molecule has 0 bridgehead atoms. The summed E-state index contributed by atoms with van der Waals surface area (Å²) in [5.41, 5.74) is 1.26. The zero-order valence-corrected chi connectivity index (χ0v) is 14.0. The lowest BCUT2D eigenvalue weighted by Gasteiger charge is -2.42. The zero-order valence-electron chi connectivity index (χ0n) is 13.2. The first kappa shape index (κ1) is 14.9. The largest absolute Gasteiger partial charge is 0.333 e. The van der Waals surface area contributed by atoms with Crippen LogP contribution >= 0.6 is 11.3 Å². The van der Waals surface area contributed by atoms with Crippen molar-refractivity contribution in [1.82, 2.24) is 9.80 Å². The standard InChI is InChI=1S/C19H22N2OS/c22-19(13-17-7-4-12-23-17)21-11-10-20(16-8-9-16)14-18(21)15-5-2-1-3-6-15/h1-7,12,16,18H,8-11,13-14H2. The Hall–Kier alpha value is -1.65. The van der Waals surface area contributed by atoms with Crippen LogP contribution in [0, 0.1) is 0 Å². The predicted octanol–water partition coefficient (Wildman–Crippen LogP) is 3.34. The second-order valence-corrected chi connectivity index (χ2v) is 7.53. The van der Waals surface area contributed by atoms with Gasteiger partial charge in [0.1, 0.15) is 0 Å². The van der Waals surface area contributed by atoms with Gasteiger partial charge in [-0.15, -0.1) is 11.3 Å². The van der Waals surface area contributed by atoms with Gasteiger partial charge in [0, 0.05) is 30.6 Å². The molecule has 1 amide bonds. The van der Waals surface area contributed by atoms with Crippen LogP contribution in [0.15, 0.2) is 47.8 Å². The quantitative estimate of drug-likeness (QED) is 0.860. The second kappa shape index (κ2) is 6.46. The molecule has 0 spiro atoms. The van der Waals surface area contributed by atoms with Gasteiger partial charge in [0.2, 0.25) is 5.91 Å². The lowest BCUT2D eigenvalue weighted by Crippen LogP contribution is -2.51. The number of thiophene rings is 1. The van der Waals surface area contributed by atoms with Crippen molar-refractivity contribution < 1.29 is 4.79 Å². The molecule has 1 aromatic heterocycles. The molecule has 2 heterocycles. The Labute approximate surface area is 141 Å². The lowest BCUT2D eigenvalue weighted by molar-refractivity contribution is -0.135. The van der Waals surface area contributed by atoms with Crippen molar-refractivity contribution in [3.63, 3.8) is 0 Å². The minimum absolute atomic E-state index is 0.193.